The van der Waals surface area contributed by atoms with E-state index in [1.54, 1.807) is 0 Å². The lowest BCUT2D eigenvalue weighted by molar-refractivity contribution is 0.330. The van der Waals surface area contributed by atoms with Crippen LogP contribution in [-0.4, -0.2) is 11.0 Å². The van der Waals surface area contributed by atoms with Crippen molar-refractivity contribution in [2.45, 2.75) is 71.3 Å². The summed E-state index contributed by atoms with van der Waals surface area (Å²) in [6.07, 6.45) is 8.68. The monoisotopic (exact) mass is 260 g/mol. The molecule has 1 heterocycles. The molecule has 2 heteroatoms. The van der Waals surface area contributed by atoms with Gasteiger partial charge in [-0.25, -0.2) is 4.98 Å². The van der Waals surface area contributed by atoms with Crippen LogP contribution in [0.15, 0.2) is 18.3 Å². The second-order valence-corrected chi connectivity index (χ2v) is 6.95. The van der Waals surface area contributed by atoms with Crippen molar-refractivity contribution in [1.82, 2.24) is 4.98 Å². The fourth-order valence-electron chi connectivity index (χ4n) is 2.85. The first-order chi connectivity index (χ1) is 8.99. The summed E-state index contributed by atoms with van der Waals surface area (Å²) in [5.74, 6) is 1.99. The van der Waals surface area contributed by atoms with E-state index in [1.165, 1.54) is 37.7 Å². The molecule has 2 rings (SSSR count). The lowest BCUT2D eigenvalue weighted by Crippen LogP contribution is -2.26. The van der Waals surface area contributed by atoms with Crippen molar-refractivity contribution < 1.29 is 0 Å². The number of hydrogen-bond donors (Lipinski definition) is 1. The Balaban J connectivity index is 1.90. The number of nitrogens with one attached hydrogen (secondary N) is 1. The van der Waals surface area contributed by atoms with Gasteiger partial charge in [0.2, 0.25) is 0 Å². The SMILES string of the molecule is CCC1CCC(Nc2ccc(C(C)(C)C)cn2)CC1. The topological polar surface area (TPSA) is 24.9 Å². The highest BCUT2D eigenvalue weighted by molar-refractivity contribution is 5.38. The molecule has 0 saturated heterocycles. The van der Waals surface area contributed by atoms with Crippen LogP contribution in [0.5, 0.6) is 0 Å². The fraction of sp³-hybridized carbons (Fsp3) is 0.706. The van der Waals surface area contributed by atoms with Crippen LogP contribution in [0.2, 0.25) is 0 Å². The fourth-order valence-corrected chi connectivity index (χ4v) is 2.85. The van der Waals surface area contributed by atoms with Crippen LogP contribution in [0.25, 0.3) is 0 Å². The number of nitrogens with zero attached hydrogens (tertiary/aromatic N) is 1. The molecule has 1 aromatic rings. The van der Waals surface area contributed by atoms with Gasteiger partial charge in [0.25, 0.3) is 0 Å². The quantitative estimate of drug-likeness (QED) is 0.847. The molecule has 0 atom stereocenters. The molecule has 0 aliphatic heterocycles. The van der Waals surface area contributed by atoms with Gasteiger partial charge in [0, 0.05) is 12.2 Å². The molecule has 0 amide bonds. The van der Waals surface area contributed by atoms with Gasteiger partial charge in [0.1, 0.15) is 5.82 Å². The zero-order valence-electron chi connectivity index (χ0n) is 12.9. The highest BCUT2D eigenvalue weighted by Crippen LogP contribution is 2.28. The molecule has 0 radical (unpaired) electrons. The van der Waals surface area contributed by atoms with Crippen LogP contribution < -0.4 is 5.32 Å². The maximum atomic E-state index is 4.57. The Morgan fingerprint density at radius 1 is 1.16 bits per heavy atom. The Labute approximate surface area is 118 Å². The van der Waals surface area contributed by atoms with Crippen LogP contribution in [0.1, 0.15) is 65.4 Å². The van der Waals surface area contributed by atoms with Crippen molar-refractivity contribution >= 4 is 5.82 Å². The molecule has 0 bridgehead atoms. The highest BCUT2D eigenvalue weighted by Gasteiger charge is 2.20. The van der Waals surface area contributed by atoms with Crippen molar-refractivity contribution in [2.24, 2.45) is 5.92 Å². The molecule has 19 heavy (non-hydrogen) atoms. The third-order valence-corrected chi connectivity index (χ3v) is 4.41. The Bertz CT molecular complexity index is 381. The Hall–Kier alpha value is -1.05. The maximum Gasteiger partial charge on any atom is 0.126 e. The van der Waals surface area contributed by atoms with E-state index in [4.69, 9.17) is 0 Å². The van der Waals surface area contributed by atoms with Gasteiger partial charge in [0.15, 0.2) is 0 Å². The lowest BCUT2D eigenvalue weighted by atomic mass is 9.84. The van der Waals surface area contributed by atoms with E-state index in [0.717, 1.165) is 11.7 Å². The van der Waals surface area contributed by atoms with Gasteiger partial charge in [0.05, 0.1) is 0 Å². The van der Waals surface area contributed by atoms with Crippen LogP contribution >= 0.6 is 0 Å². The van der Waals surface area contributed by atoms with Gasteiger partial charge in [-0.2, -0.15) is 0 Å². The van der Waals surface area contributed by atoms with Crippen LogP contribution in [0.4, 0.5) is 5.82 Å². The first kappa shape index (κ1) is 14.4. The number of hydrogen-bond acceptors (Lipinski definition) is 2. The van der Waals surface area contributed by atoms with Crippen molar-refractivity contribution in [3.63, 3.8) is 0 Å². The second-order valence-electron chi connectivity index (χ2n) is 6.95. The zero-order valence-corrected chi connectivity index (χ0v) is 12.9. The van der Waals surface area contributed by atoms with Crippen molar-refractivity contribution in [3.05, 3.63) is 23.9 Å². The standard InChI is InChI=1S/C17H28N2/c1-5-13-6-9-15(10-7-13)19-16-11-8-14(12-18-16)17(2,3)4/h8,11-13,15H,5-7,9-10H2,1-4H3,(H,18,19). The van der Waals surface area contributed by atoms with E-state index in [1.807, 2.05) is 6.20 Å². The summed E-state index contributed by atoms with van der Waals surface area (Å²) in [5.41, 5.74) is 1.48. The molecule has 1 aliphatic carbocycles. The average molecular weight is 260 g/mol. The zero-order chi connectivity index (χ0) is 13.9. The van der Waals surface area contributed by atoms with Crippen molar-refractivity contribution in [3.8, 4) is 0 Å². The molecule has 0 unspecified atom stereocenters. The summed E-state index contributed by atoms with van der Waals surface area (Å²) in [6, 6.07) is 4.95. The van der Waals surface area contributed by atoms with E-state index in [2.05, 4.69) is 50.1 Å². The molecular weight excluding hydrogens is 232 g/mol. The number of aromatic nitrogens is 1. The molecule has 1 saturated carbocycles. The first-order valence-electron chi connectivity index (χ1n) is 7.72. The van der Waals surface area contributed by atoms with E-state index in [-0.39, 0.29) is 5.41 Å². The van der Waals surface area contributed by atoms with Crippen molar-refractivity contribution in [1.29, 1.82) is 0 Å². The molecule has 106 valence electrons. The molecule has 1 N–H and O–H groups in total. The largest absolute Gasteiger partial charge is 0.367 e. The summed E-state index contributed by atoms with van der Waals surface area (Å²) in [5, 5.41) is 3.59. The third-order valence-electron chi connectivity index (χ3n) is 4.41. The van der Waals surface area contributed by atoms with Crippen LogP contribution in [0, 0.1) is 5.92 Å². The van der Waals surface area contributed by atoms with E-state index < -0.39 is 0 Å². The predicted molar refractivity (Wildman–Crippen MR) is 82.6 cm³/mol. The minimum Gasteiger partial charge on any atom is -0.367 e. The normalized spacial score (nSPS) is 24.2. The minimum absolute atomic E-state index is 0.185. The van der Waals surface area contributed by atoms with E-state index in [0.29, 0.717) is 6.04 Å². The highest BCUT2D eigenvalue weighted by atomic mass is 15.0. The van der Waals surface area contributed by atoms with Crippen LogP contribution in [-0.2, 0) is 5.41 Å². The van der Waals surface area contributed by atoms with Gasteiger partial charge in [-0.05, 0) is 48.6 Å². The summed E-state index contributed by atoms with van der Waals surface area (Å²) in [7, 11) is 0. The van der Waals surface area contributed by atoms with Gasteiger partial charge in [-0.3, -0.25) is 0 Å². The first-order valence-corrected chi connectivity index (χ1v) is 7.72. The lowest BCUT2D eigenvalue weighted by Gasteiger charge is -2.29. The summed E-state index contributed by atoms with van der Waals surface area (Å²) in [4.78, 5) is 4.57. The van der Waals surface area contributed by atoms with E-state index in [9.17, 15) is 0 Å². The predicted octanol–water partition coefficient (Wildman–Crippen LogP) is 4.76. The molecule has 1 aromatic heterocycles. The maximum absolute atomic E-state index is 4.57. The number of anilines is 1. The van der Waals surface area contributed by atoms with Gasteiger partial charge in [-0.15, -0.1) is 0 Å². The Morgan fingerprint density at radius 3 is 2.32 bits per heavy atom. The second kappa shape index (κ2) is 5.94. The third kappa shape index (κ3) is 3.95. The number of pyridine rings is 1. The molecular formula is C17H28N2. The molecule has 1 aliphatic rings. The van der Waals surface area contributed by atoms with Gasteiger partial charge >= 0.3 is 0 Å². The Kier molecular flexibility index (Phi) is 4.49. The summed E-state index contributed by atoms with van der Waals surface area (Å²) >= 11 is 0. The summed E-state index contributed by atoms with van der Waals surface area (Å²) < 4.78 is 0. The average Bonchev–Trinajstić information content (AvgIpc) is 2.39. The van der Waals surface area contributed by atoms with Crippen molar-refractivity contribution in [2.75, 3.05) is 5.32 Å². The van der Waals surface area contributed by atoms with Gasteiger partial charge < -0.3 is 5.32 Å². The summed E-state index contributed by atoms with van der Waals surface area (Å²) in [6.45, 7) is 8.99. The van der Waals surface area contributed by atoms with Gasteiger partial charge in [-0.1, -0.05) is 40.2 Å². The number of rotatable bonds is 3. The smallest absolute Gasteiger partial charge is 0.126 e. The van der Waals surface area contributed by atoms with E-state index >= 15 is 0 Å². The molecule has 2 nitrogen and oxygen atoms in total. The molecule has 0 spiro atoms. The molecule has 0 aromatic carbocycles. The Morgan fingerprint density at radius 2 is 1.84 bits per heavy atom. The minimum atomic E-state index is 0.185. The van der Waals surface area contributed by atoms with Crippen LogP contribution in [0.3, 0.4) is 0 Å². The molecule has 1 fully saturated rings.